The van der Waals surface area contributed by atoms with Crippen LogP contribution in [-0.2, 0) is 6.42 Å². The molecular weight excluding hydrogens is 224 g/mol. The van der Waals surface area contributed by atoms with Crippen molar-refractivity contribution in [3.05, 3.63) is 65.2 Å². The fourth-order valence-corrected chi connectivity index (χ4v) is 1.97. The number of ketones is 1. The molecule has 2 aromatic rings. The molecule has 0 aliphatic heterocycles. The summed E-state index contributed by atoms with van der Waals surface area (Å²) in [5, 5.41) is 9.60. The average molecular weight is 240 g/mol. The number of rotatable bonds is 4. The first-order valence-electron chi connectivity index (χ1n) is 6.03. The van der Waals surface area contributed by atoms with Gasteiger partial charge in [0.1, 0.15) is 5.75 Å². The second kappa shape index (κ2) is 5.50. The third kappa shape index (κ3) is 2.98. The fourth-order valence-electron chi connectivity index (χ4n) is 1.97. The highest BCUT2D eigenvalue weighted by molar-refractivity contribution is 5.98. The van der Waals surface area contributed by atoms with Gasteiger partial charge in [0.2, 0.25) is 0 Å². The Hall–Kier alpha value is -2.09. The number of Topliss-reactive ketones (excluding diaryl/α,β-unsaturated/α-hetero) is 1. The minimum Gasteiger partial charge on any atom is -0.507 e. The first-order valence-corrected chi connectivity index (χ1v) is 6.03. The van der Waals surface area contributed by atoms with Crippen molar-refractivity contribution in [2.45, 2.75) is 19.8 Å². The van der Waals surface area contributed by atoms with Crippen molar-refractivity contribution < 1.29 is 9.90 Å². The van der Waals surface area contributed by atoms with Crippen molar-refractivity contribution in [2.24, 2.45) is 0 Å². The number of carbonyl (C=O) groups excluding carboxylic acids is 1. The molecule has 1 N–H and O–H groups in total. The predicted octanol–water partition coefficient (Wildman–Crippen LogP) is 3.52. The van der Waals surface area contributed by atoms with Gasteiger partial charge >= 0.3 is 0 Å². The third-order valence-corrected chi connectivity index (χ3v) is 2.93. The molecule has 0 saturated heterocycles. The Morgan fingerprint density at radius 1 is 1.11 bits per heavy atom. The van der Waals surface area contributed by atoms with E-state index in [0.717, 1.165) is 5.56 Å². The van der Waals surface area contributed by atoms with Gasteiger partial charge < -0.3 is 5.11 Å². The maximum Gasteiger partial charge on any atom is 0.166 e. The van der Waals surface area contributed by atoms with E-state index in [4.69, 9.17) is 0 Å². The minimum atomic E-state index is -0.0189. The molecule has 0 bridgehead atoms. The average Bonchev–Trinajstić information content (AvgIpc) is 2.37. The first kappa shape index (κ1) is 12.4. The summed E-state index contributed by atoms with van der Waals surface area (Å²) in [5.74, 6) is 0.0429. The lowest BCUT2D eigenvalue weighted by Crippen LogP contribution is -2.01. The van der Waals surface area contributed by atoms with Crippen LogP contribution in [0.4, 0.5) is 0 Å². The van der Waals surface area contributed by atoms with E-state index < -0.39 is 0 Å². The summed E-state index contributed by atoms with van der Waals surface area (Å²) in [6.07, 6.45) is 1.12. The molecule has 0 amide bonds. The molecule has 0 radical (unpaired) electrons. The molecule has 2 aromatic carbocycles. The Morgan fingerprint density at radius 2 is 1.89 bits per heavy atom. The summed E-state index contributed by atoms with van der Waals surface area (Å²) in [4.78, 5) is 12.0. The normalized spacial score (nSPS) is 10.3. The topological polar surface area (TPSA) is 37.3 Å². The van der Waals surface area contributed by atoms with Crippen molar-refractivity contribution in [3.8, 4) is 5.75 Å². The minimum absolute atomic E-state index is 0.0189. The Balaban J connectivity index is 2.03. The van der Waals surface area contributed by atoms with E-state index >= 15 is 0 Å². The van der Waals surface area contributed by atoms with Gasteiger partial charge in [-0.25, -0.2) is 0 Å². The quantitative estimate of drug-likeness (QED) is 0.830. The van der Waals surface area contributed by atoms with E-state index in [2.05, 4.69) is 6.07 Å². The molecule has 0 atom stereocenters. The van der Waals surface area contributed by atoms with Crippen molar-refractivity contribution in [3.63, 3.8) is 0 Å². The number of phenolic OH excluding ortho intramolecular Hbond substituents is 1. The molecule has 2 rings (SSSR count). The van der Waals surface area contributed by atoms with Crippen LogP contribution >= 0.6 is 0 Å². The lowest BCUT2D eigenvalue weighted by atomic mass is 10.0. The Labute approximate surface area is 107 Å². The number of benzene rings is 2. The van der Waals surface area contributed by atoms with Gasteiger partial charge in [0, 0.05) is 6.42 Å². The van der Waals surface area contributed by atoms with Gasteiger partial charge in [-0.1, -0.05) is 42.0 Å². The molecule has 0 aliphatic rings. The molecule has 2 nitrogen and oxygen atoms in total. The smallest absolute Gasteiger partial charge is 0.166 e. The van der Waals surface area contributed by atoms with Gasteiger partial charge in [-0.2, -0.15) is 0 Å². The largest absolute Gasteiger partial charge is 0.507 e. The Bertz CT molecular complexity index is 559. The van der Waals surface area contributed by atoms with Gasteiger partial charge in [0.15, 0.2) is 5.78 Å². The Kier molecular flexibility index (Phi) is 3.78. The van der Waals surface area contributed by atoms with Crippen molar-refractivity contribution in [2.75, 3.05) is 0 Å². The van der Waals surface area contributed by atoms with Crippen LogP contribution in [0, 0.1) is 6.92 Å². The summed E-state index contributed by atoms with van der Waals surface area (Å²) in [6.45, 7) is 2.04. The molecule has 0 aliphatic carbocycles. The van der Waals surface area contributed by atoms with Crippen molar-refractivity contribution in [1.29, 1.82) is 0 Å². The molecule has 0 spiro atoms. The number of aryl methyl sites for hydroxylation is 2. The van der Waals surface area contributed by atoms with Crippen molar-refractivity contribution >= 4 is 5.78 Å². The summed E-state index contributed by atoms with van der Waals surface area (Å²) in [7, 11) is 0. The monoisotopic (exact) mass is 240 g/mol. The van der Waals surface area contributed by atoms with Crippen LogP contribution < -0.4 is 0 Å². The second-order valence-corrected chi connectivity index (χ2v) is 4.43. The number of hydrogen-bond donors (Lipinski definition) is 1. The van der Waals surface area contributed by atoms with E-state index in [-0.39, 0.29) is 11.5 Å². The second-order valence-electron chi connectivity index (χ2n) is 4.43. The van der Waals surface area contributed by atoms with Crippen LogP contribution in [0.25, 0.3) is 0 Å². The molecule has 18 heavy (non-hydrogen) atoms. The number of aromatic hydroxyl groups is 1. The number of carbonyl (C=O) groups is 1. The van der Waals surface area contributed by atoms with Gasteiger partial charge in [0.25, 0.3) is 0 Å². The zero-order valence-corrected chi connectivity index (χ0v) is 10.4. The predicted molar refractivity (Wildman–Crippen MR) is 71.9 cm³/mol. The summed E-state index contributed by atoms with van der Waals surface area (Å²) in [6, 6.07) is 14.8. The number of para-hydroxylation sites is 1. The fraction of sp³-hybridized carbons (Fsp3) is 0.188. The molecule has 0 saturated carbocycles. The Morgan fingerprint density at radius 3 is 2.61 bits per heavy atom. The summed E-state index contributed by atoms with van der Waals surface area (Å²) in [5.41, 5.74) is 2.76. The molecule has 0 unspecified atom stereocenters. The van der Waals surface area contributed by atoms with E-state index in [1.54, 1.807) is 24.3 Å². The third-order valence-electron chi connectivity index (χ3n) is 2.93. The zero-order valence-electron chi connectivity index (χ0n) is 10.4. The van der Waals surface area contributed by atoms with Gasteiger partial charge in [-0.3, -0.25) is 4.79 Å². The zero-order chi connectivity index (χ0) is 13.0. The van der Waals surface area contributed by atoms with Gasteiger partial charge in [-0.05, 0) is 31.0 Å². The SMILES string of the molecule is Cc1cccc(CCC(=O)c2ccccc2O)c1. The van der Waals surface area contributed by atoms with Crippen molar-refractivity contribution in [1.82, 2.24) is 0 Å². The highest BCUT2D eigenvalue weighted by Crippen LogP contribution is 2.18. The molecule has 0 heterocycles. The van der Waals surface area contributed by atoms with Crippen LogP contribution in [0.2, 0.25) is 0 Å². The van der Waals surface area contributed by atoms with E-state index in [0.29, 0.717) is 18.4 Å². The highest BCUT2D eigenvalue weighted by atomic mass is 16.3. The summed E-state index contributed by atoms with van der Waals surface area (Å²) >= 11 is 0. The molecule has 0 fully saturated rings. The molecular formula is C16H16O2. The van der Waals surface area contributed by atoms with Crippen LogP contribution in [0.15, 0.2) is 48.5 Å². The molecule has 2 heteroatoms. The molecule has 0 aromatic heterocycles. The highest BCUT2D eigenvalue weighted by Gasteiger charge is 2.10. The molecule has 92 valence electrons. The van der Waals surface area contributed by atoms with E-state index in [1.807, 2.05) is 25.1 Å². The van der Waals surface area contributed by atoms with E-state index in [9.17, 15) is 9.90 Å². The van der Waals surface area contributed by atoms with Crippen LogP contribution in [0.1, 0.15) is 27.9 Å². The van der Waals surface area contributed by atoms with Gasteiger partial charge in [-0.15, -0.1) is 0 Å². The lowest BCUT2D eigenvalue weighted by molar-refractivity contribution is 0.0980. The van der Waals surface area contributed by atoms with Crippen LogP contribution in [-0.4, -0.2) is 10.9 Å². The number of phenols is 1. The summed E-state index contributed by atoms with van der Waals surface area (Å²) < 4.78 is 0. The number of hydrogen-bond acceptors (Lipinski definition) is 2. The van der Waals surface area contributed by atoms with Crippen LogP contribution in [0.3, 0.4) is 0 Å². The first-order chi connectivity index (χ1) is 8.66. The van der Waals surface area contributed by atoms with E-state index in [1.165, 1.54) is 5.56 Å². The van der Waals surface area contributed by atoms with Gasteiger partial charge in [0.05, 0.1) is 5.56 Å². The maximum atomic E-state index is 12.0. The lowest BCUT2D eigenvalue weighted by Gasteiger charge is -2.04. The van der Waals surface area contributed by atoms with Crippen LogP contribution in [0.5, 0.6) is 5.75 Å². The standard InChI is InChI=1S/C16H16O2/c1-12-5-4-6-13(11-12)9-10-16(18)14-7-2-3-8-15(14)17/h2-8,11,17H,9-10H2,1H3. The maximum absolute atomic E-state index is 12.0.